The molecule has 0 saturated carbocycles. The Hall–Kier alpha value is -1.18. The molecule has 0 aromatic heterocycles. The molecular formula is C17H27NO. The van der Waals surface area contributed by atoms with E-state index < -0.39 is 0 Å². The Morgan fingerprint density at radius 3 is 2.63 bits per heavy atom. The highest BCUT2D eigenvalue weighted by atomic mass is 16.5. The van der Waals surface area contributed by atoms with Crippen LogP contribution in [0.2, 0.25) is 0 Å². The lowest BCUT2D eigenvalue weighted by molar-refractivity contribution is 0.331. The molecule has 0 N–H and O–H groups in total. The van der Waals surface area contributed by atoms with Gasteiger partial charge >= 0.3 is 0 Å². The van der Waals surface area contributed by atoms with Crippen molar-refractivity contribution < 1.29 is 4.74 Å². The topological polar surface area (TPSA) is 12.5 Å². The minimum atomic E-state index is 0.648. The Kier molecular flexibility index (Phi) is 4.38. The molecule has 2 atom stereocenters. The van der Waals surface area contributed by atoms with Gasteiger partial charge in [0.1, 0.15) is 5.75 Å². The number of hydrogen-bond donors (Lipinski definition) is 0. The highest BCUT2D eigenvalue weighted by Gasteiger charge is 2.27. The fourth-order valence-corrected chi connectivity index (χ4v) is 3.14. The van der Waals surface area contributed by atoms with Crippen LogP contribution in [-0.4, -0.2) is 20.7 Å². The first-order valence-electron chi connectivity index (χ1n) is 7.43. The Bertz CT molecular complexity index is 427. The van der Waals surface area contributed by atoms with Gasteiger partial charge in [-0.1, -0.05) is 20.8 Å². The number of fused-ring (bicyclic) bond motifs is 1. The number of benzene rings is 1. The van der Waals surface area contributed by atoms with E-state index in [9.17, 15) is 0 Å². The number of hydrogen-bond acceptors (Lipinski definition) is 2. The fraction of sp³-hybridized carbons (Fsp3) is 0.647. The second kappa shape index (κ2) is 5.85. The van der Waals surface area contributed by atoms with Crippen molar-refractivity contribution >= 4 is 5.69 Å². The first-order chi connectivity index (χ1) is 9.04. The summed E-state index contributed by atoms with van der Waals surface area (Å²) in [5.41, 5.74) is 2.86. The number of rotatable bonds is 3. The maximum atomic E-state index is 5.43. The van der Waals surface area contributed by atoms with Crippen molar-refractivity contribution in [3.05, 3.63) is 23.8 Å². The molecule has 1 aromatic carbocycles. The Morgan fingerprint density at radius 1 is 1.26 bits per heavy atom. The summed E-state index contributed by atoms with van der Waals surface area (Å²) in [4.78, 5) is 2.39. The van der Waals surface area contributed by atoms with Gasteiger partial charge in [-0.05, 0) is 54.4 Å². The summed E-state index contributed by atoms with van der Waals surface area (Å²) in [6.45, 7) is 8.21. The minimum absolute atomic E-state index is 0.648. The summed E-state index contributed by atoms with van der Waals surface area (Å²) in [5.74, 6) is 3.05. The molecule has 2 rings (SSSR count). The molecule has 0 spiro atoms. The second-order valence-electron chi connectivity index (χ2n) is 6.20. The molecule has 1 aliphatic rings. The Morgan fingerprint density at radius 2 is 2.00 bits per heavy atom. The number of ether oxygens (including phenoxy) is 1. The van der Waals surface area contributed by atoms with E-state index in [1.807, 2.05) is 0 Å². The van der Waals surface area contributed by atoms with Gasteiger partial charge in [0.25, 0.3) is 0 Å². The fourth-order valence-electron chi connectivity index (χ4n) is 3.14. The molecular weight excluding hydrogens is 234 g/mol. The van der Waals surface area contributed by atoms with Crippen molar-refractivity contribution in [2.45, 2.75) is 39.5 Å². The molecule has 0 radical (unpaired) electrons. The highest BCUT2D eigenvalue weighted by Crippen LogP contribution is 2.42. The molecule has 19 heavy (non-hydrogen) atoms. The zero-order valence-corrected chi connectivity index (χ0v) is 12.9. The van der Waals surface area contributed by atoms with Crippen LogP contribution in [0.25, 0.3) is 0 Å². The van der Waals surface area contributed by atoms with Gasteiger partial charge in [0.05, 0.1) is 7.11 Å². The summed E-state index contributed by atoms with van der Waals surface area (Å²) >= 11 is 0. The van der Waals surface area contributed by atoms with E-state index in [1.165, 1.54) is 24.1 Å². The van der Waals surface area contributed by atoms with Crippen LogP contribution in [-0.2, 0) is 0 Å². The number of anilines is 1. The van der Waals surface area contributed by atoms with Crippen LogP contribution in [0.3, 0.4) is 0 Å². The number of methoxy groups -OCH3 is 1. The van der Waals surface area contributed by atoms with Crippen molar-refractivity contribution in [2.75, 3.05) is 25.6 Å². The quantitative estimate of drug-likeness (QED) is 0.804. The van der Waals surface area contributed by atoms with E-state index in [1.54, 1.807) is 7.11 Å². The average molecular weight is 261 g/mol. The summed E-state index contributed by atoms with van der Waals surface area (Å²) in [7, 11) is 3.96. The van der Waals surface area contributed by atoms with Gasteiger partial charge in [-0.25, -0.2) is 0 Å². The van der Waals surface area contributed by atoms with Gasteiger partial charge in [-0.15, -0.1) is 0 Å². The van der Waals surface area contributed by atoms with E-state index in [0.29, 0.717) is 17.8 Å². The molecule has 106 valence electrons. The third-order valence-electron chi connectivity index (χ3n) is 4.74. The maximum absolute atomic E-state index is 5.43. The first-order valence-corrected chi connectivity index (χ1v) is 7.43. The van der Waals surface area contributed by atoms with Crippen LogP contribution >= 0.6 is 0 Å². The summed E-state index contributed by atoms with van der Waals surface area (Å²) < 4.78 is 5.43. The van der Waals surface area contributed by atoms with E-state index in [-0.39, 0.29) is 0 Å². The summed E-state index contributed by atoms with van der Waals surface area (Å²) in [6, 6.07) is 6.55. The largest absolute Gasteiger partial charge is 0.497 e. The molecule has 0 amide bonds. The molecule has 0 aliphatic carbocycles. The van der Waals surface area contributed by atoms with Crippen LogP contribution in [0.1, 0.15) is 45.1 Å². The van der Waals surface area contributed by atoms with Gasteiger partial charge in [0, 0.05) is 19.3 Å². The average Bonchev–Trinajstić information content (AvgIpc) is 2.57. The predicted octanol–water partition coefficient (Wildman–Crippen LogP) is 4.30. The normalized spacial score (nSPS) is 20.9. The SMILES string of the molecule is COc1ccc2c(c1)C(C(C)C(C)C)CCCN2C. The van der Waals surface area contributed by atoms with Gasteiger partial charge in [0.2, 0.25) is 0 Å². The van der Waals surface area contributed by atoms with Crippen LogP contribution in [0.15, 0.2) is 18.2 Å². The zero-order valence-electron chi connectivity index (χ0n) is 12.9. The van der Waals surface area contributed by atoms with Crippen molar-refractivity contribution in [1.29, 1.82) is 0 Å². The van der Waals surface area contributed by atoms with Crippen molar-refractivity contribution in [1.82, 2.24) is 0 Å². The van der Waals surface area contributed by atoms with E-state index in [0.717, 1.165) is 12.3 Å². The molecule has 2 unspecified atom stereocenters. The molecule has 0 fully saturated rings. The molecule has 2 heteroatoms. The van der Waals surface area contributed by atoms with Crippen LogP contribution in [0.5, 0.6) is 5.75 Å². The molecule has 1 aromatic rings. The zero-order chi connectivity index (χ0) is 14.0. The first kappa shape index (κ1) is 14.2. The smallest absolute Gasteiger partial charge is 0.119 e. The van der Waals surface area contributed by atoms with Gasteiger partial charge in [-0.3, -0.25) is 0 Å². The molecule has 2 nitrogen and oxygen atoms in total. The van der Waals surface area contributed by atoms with Crippen molar-refractivity contribution in [3.8, 4) is 5.75 Å². The highest BCUT2D eigenvalue weighted by molar-refractivity contribution is 5.58. The number of nitrogens with zero attached hydrogens (tertiary/aromatic N) is 1. The van der Waals surface area contributed by atoms with E-state index >= 15 is 0 Å². The van der Waals surface area contributed by atoms with E-state index in [2.05, 4.69) is 50.9 Å². The lowest BCUT2D eigenvalue weighted by atomic mass is 9.78. The van der Waals surface area contributed by atoms with Crippen molar-refractivity contribution in [3.63, 3.8) is 0 Å². The maximum Gasteiger partial charge on any atom is 0.119 e. The minimum Gasteiger partial charge on any atom is -0.497 e. The van der Waals surface area contributed by atoms with Crippen LogP contribution in [0.4, 0.5) is 5.69 Å². The standard InChI is InChI=1S/C17H27NO/c1-12(2)13(3)15-7-6-10-18(4)17-9-8-14(19-5)11-16(15)17/h8-9,11-13,15H,6-7,10H2,1-5H3. The monoisotopic (exact) mass is 261 g/mol. The summed E-state index contributed by atoms with van der Waals surface area (Å²) in [6.07, 6.45) is 2.55. The summed E-state index contributed by atoms with van der Waals surface area (Å²) in [5, 5.41) is 0. The van der Waals surface area contributed by atoms with Crippen molar-refractivity contribution in [2.24, 2.45) is 11.8 Å². The predicted molar refractivity (Wildman–Crippen MR) is 82.2 cm³/mol. The molecule has 0 saturated heterocycles. The third kappa shape index (κ3) is 2.88. The third-order valence-corrected chi connectivity index (χ3v) is 4.74. The van der Waals surface area contributed by atoms with Crippen LogP contribution < -0.4 is 9.64 Å². The lowest BCUT2D eigenvalue weighted by Gasteiger charge is -2.28. The van der Waals surface area contributed by atoms with Crippen LogP contribution in [0, 0.1) is 11.8 Å². The Balaban J connectivity index is 2.45. The van der Waals surface area contributed by atoms with Gasteiger partial charge in [0.15, 0.2) is 0 Å². The molecule has 1 heterocycles. The van der Waals surface area contributed by atoms with Gasteiger partial charge in [-0.2, -0.15) is 0 Å². The molecule has 0 bridgehead atoms. The Labute approximate surface area is 117 Å². The second-order valence-corrected chi connectivity index (χ2v) is 6.20. The lowest BCUT2D eigenvalue weighted by Crippen LogP contribution is -2.18. The molecule has 1 aliphatic heterocycles. The van der Waals surface area contributed by atoms with Gasteiger partial charge < -0.3 is 9.64 Å². The van der Waals surface area contributed by atoms with E-state index in [4.69, 9.17) is 4.74 Å².